The lowest BCUT2D eigenvalue weighted by Gasteiger charge is -2.40. The van der Waals surface area contributed by atoms with Gasteiger partial charge in [0.25, 0.3) is 0 Å². The van der Waals surface area contributed by atoms with E-state index in [0.29, 0.717) is 6.61 Å². The van der Waals surface area contributed by atoms with Gasteiger partial charge in [-0.15, -0.1) is 0 Å². The van der Waals surface area contributed by atoms with E-state index in [1.807, 2.05) is 13.8 Å². The van der Waals surface area contributed by atoms with Gasteiger partial charge in [-0.3, -0.25) is 9.69 Å². The summed E-state index contributed by atoms with van der Waals surface area (Å²) in [6.45, 7) is 9.06. The standard InChI is InChI=1S/C13H25NO3/c1-5-17-12(15)11(2)9-14-8-6-7-13(3,10-14)16-4/h11H,5-10H2,1-4H3. The number of hydrogen-bond donors (Lipinski definition) is 0. The SMILES string of the molecule is CCOC(=O)C(C)CN1CCCC(C)(OC)C1. The number of rotatable bonds is 5. The third-order valence-electron chi connectivity index (χ3n) is 3.45. The smallest absolute Gasteiger partial charge is 0.309 e. The maximum absolute atomic E-state index is 11.6. The predicted molar refractivity (Wildman–Crippen MR) is 66.9 cm³/mol. The van der Waals surface area contributed by atoms with Crippen molar-refractivity contribution in [2.75, 3.05) is 33.4 Å². The molecule has 0 bridgehead atoms. The number of esters is 1. The Hall–Kier alpha value is -0.610. The minimum absolute atomic E-state index is 0.0610. The first-order chi connectivity index (χ1) is 8.00. The number of hydrogen-bond acceptors (Lipinski definition) is 4. The minimum Gasteiger partial charge on any atom is -0.466 e. The molecule has 0 amide bonds. The molecule has 100 valence electrons. The van der Waals surface area contributed by atoms with Gasteiger partial charge < -0.3 is 9.47 Å². The van der Waals surface area contributed by atoms with Crippen LogP contribution in [0.5, 0.6) is 0 Å². The highest BCUT2D eigenvalue weighted by atomic mass is 16.5. The molecule has 1 rings (SSSR count). The van der Waals surface area contributed by atoms with Crippen molar-refractivity contribution in [1.82, 2.24) is 4.90 Å². The molecule has 0 aromatic heterocycles. The van der Waals surface area contributed by atoms with Crippen molar-refractivity contribution in [2.24, 2.45) is 5.92 Å². The fourth-order valence-corrected chi connectivity index (χ4v) is 2.38. The first-order valence-corrected chi connectivity index (χ1v) is 6.45. The molecule has 0 aromatic rings. The summed E-state index contributed by atoms with van der Waals surface area (Å²) in [5.41, 5.74) is -0.0629. The molecule has 2 atom stereocenters. The second-order valence-corrected chi connectivity index (χ2v) is 5.15. The molecule has 1 saturated heterocycles. The van der Waals surface area contributed by atoms with Crippen LogP contribution in [-0.4, -0.2) is 49.8 Å². The maximum Gasteiger partial charge on any atom is 0.309 e. The van der Waals surface area contributed by atoms with Crippen molar-refractivity contribution >= 4 is 5.97 Å². The van der Waals surface area contributed by atoms with Crippen LogP contribution in [-0.2, 0) is 14.3 Å². The van der Waals surface area contributed by atoms with Crippen LogP contribution in [0.4, 0.5) is 0 Å². The summed E-state index contributed by atoms with van der Waals surface area (Å²) in [6.07, 6.45) is 2.22. The molecule has 0 radical (unpaired) electrons. The van der Waals surface area contributed by atoms with Crippen LogP contribution in [0.2, 0.25) is 0 Å². The fraction of sp³-hybridized carbons (Fsp3) is 0.923. The molecule has 4 heteroatoms. The molecule has 2 unspecified atom stereocenters. The van der Waals surface area contributed by atoms with Crippen LogP contribution >= 0.6 is 0 Å². The Morgan fingerprint density at radius 3 is 2.82 bits per heavy atom. The lowest BCUT2D eigenvalue weighted by atomic mass is 9.94. The van der Waals surface area contributed by atoms with Crippen LogP contribution in [0, 0.1) is 5.92 Å². The highest BCUT2D eigenvalue weighted by molar-refractivity contribution is 5.72. The van der Waals surface area contributed by atoms with Gasteiger partial charge in [0.15, 0.2) is 0 Å². The molecular weight excluding hydrogens is 218 g/mol. The summed E-state index contributed by atoms with van der Waals surface area (Å²) in [6, 6.07) is 0. The summed E-state index contributed by atoms with van der Waals surface area (Å²) in [7, 11) is 1.76. The van der Waals surface area contributed by atoms with Crippen molar-refractivity contribution in [3.05, 3.63) is 0 Å². The zero-order valence-electron chi connectivity index (χ0n) is 11.5. The fourth-order valence-electron chi connectivity index (χ4n) is 2.38. The van der Waals surface area contributed by atoms with Gasteiger partial charge >= 0.3 is 5.97 Å². The maximum atomic E-state index is 11.6. The van der Waals surface area contributed by atoms with Gasteiger partial charge in [-0.1, -0.05) is 6.92 Å². The lowest BCUT2D eigenvalue weighted by molar-refractivity contribution is -0.148. The van der Waals surface area contributed by atoms with Crippen molar-refractivity contribution in [1.29, 1.82) is 0 Å². The van der Waals surface area contributed by atoms with Crippen LogP contribution in [0.3, 0.4) is 0 Å². The molecular formula is C13H25NO3. The average molecular weight is 243 g/mol. The molecule has 1 aliphatic rings. The first-order valence-electron chi connectivity index (χ1n) is 6.45. The van der Waals surface area contributed by atoms with Crippen molar-refractivity contribution in [3.63, 3.8) is 0 Å². The van der Waals surface area contributed by atoms with Gasteiger partial charge in [-0.05, 0) is 33.2 Å². The number of carbonyl (C=O) groups is 1. The number of piperidine rings is 1. The molecule has 0 aromatic carbocycles. The number of likely N-dealkylation sites (tertiary alicyclic amines) is 1. The Kier molecular flexibility index (Phi) is 5.40. The molecule has 1 heterocycles. The second-order valence-electron chi connectivity index (χ2n) is 5.15. The van der Waals surface area contributed by atoms with Gasteiger partial charge in [0, 0.05) is 20.2 Å². The van der Waals surface area contributed by atoms with E-state index in [1.54, 1.807) is 7.11 Å². The molecule has 17 heavy (non-hydrogen) atoms. The van der Waals surface area contributed by atoms with E-state index in [0.717, 1.165) is 32.5 Å². The van der Waals surface area contributed by atoms with Crippen molar-refractivity contribution in [3.8, 4) is 0 Å². The molecule has 0 aliphatic carbocycles. The van der Waals surface area contributed by atoms with Crippen LogP contribution in [0.1, 0.15) is 33.6 Å². The van der Waals surface area contributed by atoms with E-state index in [2.05, 4.69) is 11.8 Å². The van der Waals surface area contributed by atoms with E-state index in [-0.39, 0.29) is 17.5 Å². The largest absolute Gasteiger partial charge is 0.466 e. The van der Waals surface area contributed by atoms with E-state index < -0.39 is 0 Å². The Morgan fingerprint density at radius 2 is 2.24 bits per heavy atom. The summed E-state index contributed by atoms with van der Waals surface area (Å²) < 4.78 is 10.6. The molecule has 0 spiro atoms. The average Bonchev–Trinajstić information content (AvgIpc) is 2.29. The van der Waals surface area contributed by atoms with Gasteiger partial charge in [-0.25, -0.2) is 0 Å². The van der Waals surface area contributed by atoms with Crippen LogP contribution in [0.25, 0.3) is 0 Å². The topological polar surface area (TPSA) is 38.8 Å². The molecule has 0 N–H and O–H groups in total. The third kappa shape index (κ3) is 4.28. The Bertz CT molecular complexity index is 257. The van der Waals surface area contributed by atoms with Gasteiger partial charge in [0.05, 0.1) is 18.1 Å². The van der Waals surface area contributed by atoms with Crippen molar-refractivity contribution < 1.29 is 14.3 Å². The van der Waals surface area contributed by atoms with Crippen LogP contribution in [0.15, 0.2) is 0 Å². The van der Waals surface area contributed by atoms with Gasteiger partial charge in [-0.2, -0.15) is 0 Å². The number of methoxy groups -OCH3 is 1. The normalized spacial score (nSPS) is 27.8. The Labute approximate surface area is 104 Å². The Balaban J connectivity index is 2.43. The van der Waals surface area contributed by atoms with E-state index in [1.165, 1.54) is 0 Å². The quantitative estimate of drug-likeness (QED) is 0.689. The summed E-state index contributed by atoms with van der Waals surface area (Å²) in [5.74, 6) is -0.161. The zero-order chi connectivity index (χ0) is 12.9. The molecule has 1 fully saturated rings. The number of carbonyl (C=O) groups excluding carboxylic acids is 1. The summed E-state index contributed by atoms with van der Waals surface area (Å²) >= 11 is 0. The highest BCUT2D eigenvalue weighted by Crippen LogP contribution is 2.24. The van der Waals surface area contributed by atoms with Gasteiger partial charge in [0.2, 0.25) is 0 Å². The highest BCUT2D eigenvalue weighted by Gasteiger charge is 2.32. The first kappa shape index (κ1) is 14.5. The van der Waals surface area contributed by atoms with E-state index in [9.17, 15) is 4.79 Å². The van der Waals surface area contributed by atoms with E-state index >= 15 is 0 Å². The van der Waals surface area contributed by atoms with E-state index in [4.69, 9.17) is 9.47 Å². The number of ether oxygens (including phenoxy) is 2. The second kappa shape index (κ2) is 6.36. The van der Waals surface area contributed by atoms with Crippen molar-refractivity contribution in [2.45, 2.75) is 39.2 Å². The predicted octanol–water partition coefficient (Wildman–Crippen LogP) is 1.69. The zero-order valence-corrected chi connectivity index (χ0v) is 11.5. The van der Waals surface area contributed by atoms with Crippen LogP contribution < -0.4 is 0 Å². The lowest BCUT2D eigenvalue weighted by Crippen LogP contribution is -2.49. The minimum atomic E-state index is -0.0998. The molecule has 4 nitrogen and oxygen atoms in total. The van der Waals surface area contributed by atoms with Gasteiger partial charge in [0.1, 0.15) is 0 Å². The third-order valence-corrected chi connectivity index (χ3v) is 3.45. The number of nitrogens with zero attached hydrogens (tertiary/aromatic N) is 1. The molecule has 0 saturated carbocycles. The monoisotopic (exact) mass is 243 g/mol. The Morgan fingerprint density at radius 1 is 1.53 bits per heavy atom. The summed E-state index contributed by atoms with van der Waals surface area (Å²) in [5, 5.41) is 0. The summed E-state index contributed by atoms with van der Waals surface area (Å²) in [4.78, 5) is 13.9. The molecule has 1 aliphatic heterocycles.